The summed E-state index contributed by atoms with van der Waals surface area (Å²) in [5.41, 5.74) is 5.65. The molecule has 0 aromatic heterocycles. The Kier molecular flexibility index (Phi) is 4.55. The third-order valence-corrected chi connectivity index (χ3v) is 4.23. The van der Waals surface area contributed by atoms with Gasteiger partial charge in [0.1, 0.15) is 0 Å². The van der Waals surface area contributed by atoms with Crippen LogP contribution in [0.5, 0.6) is 0 Å². The van der Waals surface area contributed by atoms with E-state index in [0.29, 0.717) is 5.92 Å². The molecule has 0 amide bonds. The van der Waals surface area contributed by atoms with Crippen LogP contribution in [0, 0.1) is 6.92 Å². The Bertz CT molecular complexity index is 410. The summed E-state index contributed by atoms with van der Waals surface area (Å²) in [6.07, 6.45) is 3.05. The van der Waals surface area contributed by atoms with E-state index in [1.165, 1.54) is 22.3 Å². The zero-order chi connectivity index (χ0) is 13.2. The van der Waals surface area contributed by atoms with Gasteiger partial charge in [0.05, 0.1) is 0 Å². The Morgan fingerprint density at radius 3 is 2.41 bits per heavy atom. The van der Waals surface area contributed by atoms with Gasteiger partial charge in [0.2, 0.25) is 0 Å². The van der Waals surface area contributed by atoms with Gasteiger partial charge in [-0.05, 0) is 46.7 Å². The summed E-state index contributed by atoms with van der Waals surface area (Å²) in [4.78, 5) is 0. The molecule has 0 aliphatic carbocycles. The van der Waals surface area contributed by atoms with Crippen LogP contribution < -0.4 is 0 Å². The number of hydrogen-bond acceptors (Lipinski definition) is 0. The first kappa shape index (κ1) is 14.5. The molecule has 0 fully saturated rings. The quantitative estimate of drug-likeness (QED) is 0.661. The maximum absolute atomic E-state index is 3.93. The number of hydrogen-bond donors (Lipinski definition) is 0. The zero-order valence-electron chi connectivity index (χ0n) is 11.8. The Labute approximate surface area is 109 Å². The summed E-state index contributed by atoms with van der Waals surface area (Å²) in [6.45, 7) is 15.3. The molecule has 0 radical (unpaired) electrons. The van der Waals surface area contributed by atoms with Gasteiger partial charge >= 0.3 is 0 Å². The second kappa shape index (κ2) is 5.36. The normalized spacial score (nSPS) is 13.5. The van der Waals surface area contributed by atoms with Gasteiger partial charge in [-0.2, -0.15) is 0 Å². The summed E-state index contributed by atoms with van der Waals surface area (Å²) in [5, 5.41) is 0.217. The van der Waals surface area contributed by atoms with Gasteiger partial charge in [0.25, 0.3) is 0 Å². The number of rotatable bonds is 4. The molecule has 94 valence electrons. The standard InChI is InChI=1S/C16H25P/c1-7-13-10-9-11(3)15(14(13)8-2)12(4)16(5,6)17/h7,9-10,12H,1,8,17H2,2-6H3. The maximum Gasteiger partial charge on any atom is -0.00990 e. The third-order valence-electron chi connectivity index (χ3n) is 3.73. The van der Waals surface area contributed by atoms with Crippen molar-refractivity contribution in [2.45, 2.75) is 52.1 Å². The molecule has 0 heterocycles. The van der Waals surface area contributed by atoms with Crippen molar-refractivity contribution < 1.29 is 0 Å². The van der Waals surface area contributed by atoms with Crippen LogP contribution in [0.25, 0.3) is 6.08 Å². The van der Waals surface area contributed by atoms with Crippen LogP contribution in [0.1, 0.15) is 55.9 Å². The van der Waals surface area contributed by atoms with Gasteiger partial charge in [-0.3, -0.25) is 0 Å². The molecule has 0 saturated carbocycles. The highest BCUT2D eigenvalue weighted by Crippen LogP contribution is 2.39. The van der Waals surface area contributed by atoms with E-state index < -0.39 is 0 Å². The van der Waals surface area contributed by atoms with E-state index in [-0.39, 0.29) is 5.16 Å². The molecule has 0 aliphatic rings. The molecule has 1 rings (SSSR count). The van der Waals surface area contributed by atoms with Crippen molar-refractivity contribution in [2.24, 2.45) is 0 Å². The highest BCUT2D eigenvalue weighted by molar-refractivity contribution is 7.18. The SMILES string of the molecule is C=Cc1ccc(C)c(C(C)C(C)(C)P)c1CC. The van der Waals surface area contributed by atoms with Gasteiger partial charge < -0.3 is 0 Å². The first-order valence-corrected chi connectivity index (χ1v) is 6.94. The summed E-state index contributed by atoms with van der Waals surface area (Å²) in [5.74, 6) is 0.530. The minimum Gasteiger partial charge on any atom is -0.131 e. The van der Waals surface area contributed by atoms with Gasteiger partial charge in [-0.15, -0.1) is 9.24 Å². The van der Waals surface area contributed by atoms with E-state index >= 15 is 0 Å². The van der Waals surface area contributed by atoms with Crippen LogP contribution in [0.15, 0.2) is 18.7 Å². The minimum absolute atomic E-state index is 0.217. The number of benzene rings is 1. The lowest BCUT2D eigenvalue weighted by molar-refractivity contribution is 0.578. The minimum atomic E-state index is 0.217. The Balaban J connectivity index is 3.45. The van der Waals surface area contributed by atoms with Gasteiger partial charge in [0, 0.05) is 0 Å². The van der Waals surface area contributed by atoms with E-state index in [1.54, 1.807) is 0 Å². The van der Waals surface area contributed by atoms with Crippen LogP contribution >= 0.6 is 9.24 Å². The molecular formula is C16H25P. The van der Waals surface area contributed by atoms with Crippen LogP contribution in [0.2, 0.25) is 0 Å². The smallest absolute Gasteiger partial charge is 0.00990 e. The van der Waals surface area contributed by atoms with Crippen molar-refractivity contribution in [3.05, 3.63) is 41.0 Å². The fourth-order valence-electron chi connectivity index (χ4n) is 2.36. The van der Waals surface area contributed by atoms with Crippen molar-refractivity contribution in [3.63, 3.8) is 0 Å². The predicted octanol–water partition coefficient (Wildman–Crippen LogP) is 4.96. The molecule has 0 spiro atoms. The summed E-state index contributed by atoms with van der Waals surface area (Å²) in [7, 11) is 2.98. The lowest BCUT2D eigenvalue weighted by Crippen LogP contribution is -2.21. The zero-order valence-corrected chi connectivity index (χ0v) is 13.0. The fraction of sp³-hybridized carbons (Fsp3) is 0.500. The first-order chi connectivity index (χ1) is 7.82. The van der Waals surface area contributed by atoms with E-state index in [0.717, 1.165) is 6.42 Å². The first-order valence-electron chi connectivity index (χ1n) is 6.36. The topological polar surface area (TPSA) is 0 Å². The second-order valence-electron chi connectivity index (χ2n) is 5.46. The van der Waals surface area contributed by atoms with Crippen molar-refractivity contribution in [1.82, 2.24) is 0 Å². The lowest BCUT2D eigenvalue weighted by Gasteiger charge is -2.31. The highest BCUT2D eigenvalue weighted by Gasteiger charge is 2.25. The van der Waals surface area contributed by atoms with Gasteiger partial charge in [-0.1, -0.05) is 52.5 Å². The van der Waals surface area contributed by atoms with E-state index in [4.69, 9.17) is 0 Å². The number of aryl methyl sites for hydroxylation is 1. The van der Waals surface area contributed by atoms with Crippen LogP contribution in [-0.4, -0.2) is 5.16 Å². The molecule has 0 saturated heterocycles. The maximum atomic E-state index is 3.93. The van der Waals surface area contributed by atoms with E-state index in [9.17, 15) is 0 Å². The van der Waals surface area contributed by atoms with Crippen LogP contribution in [-0.2, 0) is 6.42 Å². The molecule has 0 aliphatic heterocycles. The van der Waals surface area contributed by atoms with Crippen molar-refractivity contribution in [2.75, 3.05) is 0 Å². The van der Waals surface area contributed by atoms with E-state index in [1.807, 2.05) is 6.08 Å². The Hall–Kier alpha value is -0.610. The summed E-state index contributed by atoms with van der Waals surface area (Å²) in [6, 6.07) is 4.41. The monoisotopic (exact) mass is 248 g/mol. The lowest BCUT2D eigenvalue weighted by atomic mass is 9.81. The second-order valence-corrected chi connectivity index (χ2v) is 6.95. The molecule has 0 bridgehead atoms. The Morgan fingerprint density at radius 1 is 1.41 bits per heavy atom. The molecule has 1 aromatic rings. The molecular weight excluding hydrogens is 223 g/mol. The molecule has 0 N–H and O–H groups in total. The predicted molar refractivity (Wildman–Crippen MR) is 82.9 cm³/mol. The average Bonchev–Trinajstić information content (AvgIpc) is 2.26. The van der Waals surface area contributed by atoms with Gasteiger partial charge in [0.15, 0.2) is 0 Å². The molecule has 2 unspecified atom stereocenters. The molecule has 1 aromatic carbocycles. The third kappa shape index (κ3) is 2.99. The largest absolute Gasteiger partial charge is 0.131 e. The molecule has 0 nitrogen and oxygen atoms in total. The molecule has 17 heavy (non-hydrogen) atoms. The summed E-state index contributed by atoms with van der Waals surface area (Å²) < 4.78 is 0. The molecule has 1 heteroatoms. The summed E-state index contributed by atoms with van der Waals surface area (Å²) >= 11 is 0. The van der Waals surface area contributed by atoms with Crippen molar-refractivity contribution >= 4 is 15.3 Å². The van der Waals surface area contributed by atoms with Gasteiger partial charge in [-0.25, -0.2) is 0 Å². The van der Waals surface area contributed by atoms with Crippen molar-refractivity contribution in [1.29, 1.82) is 0 Å². The van der Waals surface area contributed by atoms with Crippen molar-refractivity contribution in [3.8, 4) is 0 Å². The van der Waals surface area contributed by atoms with Crippen LogP contribution in [0.3, 0.4) is 0 Å². The Morgan fingerprint density at radius 2 is 2.00 bits per heavy atom. The average molecular weight is 248 g/mol. The highest BCUT2D eigenvalue weighted by atomic mass is 31.0. The molecule has 2 atom stereocenters. The van der Waals surface area contributed by atoms with Crippen LogP contribution in [0.4, 0.5) is 0 Å². The fourth-order valence-corrected chi connectivity index (χ4v) is 2.53. The van der Waals surface area contributed by atoms with E-state index in [2.05, 4.69) is 62.6 Å².